The van der Waals surface area contributed by atoms with Gasteiger partial charge < -0.3 is 4.74 Å². The monoisotopic (exact) mass is 486 g/mol. The summed E-state index contributed by atoms with van der Waals surface area (Å²) in [7, 11) is 0. The van der Waals surface area contributed by atoms with Gasteiger partial charge in [0.05, 0.1) is 4.47 Å². The van der Waals surface area contributed by atoms with Gasteiger partial charge in [-0.2, -0.15) is 0 Å². The van der Waals surface area contributed by atoms with Crippen molar-refractivity contribution in [2.75, 3.05) is 0 Å². The van der Waals surface area contributed by atoms with Crippen LogP contribution >= 0.6 is 15.9 Å². The second kappa shape index (κ2) is 9.01. The van der Waals surface area contributed by atoms with E-state index in [9.17, 15) is 18.8 Å². The third kappa shape index (κ3) is 4.54. The van der Waals surface area contributed by atoms with Crippen molar-refractivity contribution < 1.29 is 23.5 Å². The summed E-state index contributed by atoms with van der Waals surface area (Å²) in [4.78, 5) is 38.6. The Morgan fingerprint density at radius 1 is 1.13 bits per heavy atom. The van der Waals surface area contributed by atoms with Crippen LogP contribution in [0, 0.1) is 5.82 Å². The van der Waals surface area contributed by atoms with Crippen LogP contribution in [0.3, 0.4) is 0 Å². The number of benzene rings is 2. The van der Waals surface area contributed by atoms with Crippen LogP contribution in [0.2, 0.25) is 0 Å². The summed E-state index contributed by atoms with van der Waals surface area (Å²) in [5, 5.41) is 2.26. The molecule has 1 aliphatic carbocycles. The van der Waals surface area contributed by atoms with Crippen molar-refractivity contribution in [3.05, 3.63) is 69.5 Å². The third-order valence-electron chi connectivity index (χ3n) is 5.43. The van der Waals surface area contributed by atoms with Gasteiger partial charge in [-0.1, -0.05) is 37.1 Å². The molecule has 0 aromatic heterocycles. The molecular formula is C23H20BrFN2O4. The van der Waals surface area contributed by atoms with Gasteiger partial charge in [0, 0.05) is 11.6 Å². The number of ether oxygens (including phenoxy) is 1. The quantitative estimate of drug-likeness (QED) is 0.495. The summed E-state index contributed by atoms with van der Waals surface area (Å²) in [5.74, 6) is -1.13. The molecule has 0 spiro atoms. The first-order valence-corrected chi connectivity index (χ1v) is 10.8. The van der Waals surface area contributed by atoms with Gasteiger partial charge in [-0.25, -0.2) is 9.18 Å². The van der Waals surface area contributed by atoms with Crippen molar-refractivity contribution in [1.29, 1.82) is 0 Å². The summed E-state index contributed by atoms with van der Waals surface area (Å²) in [6, 6.07) is 10.6. The van der Waals surface area contributed by atoms with Crippen LogP contribution in [-0.2, 0) is 16.2 Å². The average molecular weight is 487 g/mol. The molecule has 2 aliphatic rings. The van der Waals surface area contributed by atoms with E-state index in [1.165, 1.54) is 17.0 Å². The highest BCUT2D eigenvalue weighted by Gasteiger charge is 2.40. The standard InChI is InChI=1S/C23H20BrFN2O4/c24-18-12-14(9-10-20(18)31-13-15-5-1-4-8-19(15)25)11-17-21(28)26-23(30)27(22(17)29)16-6-2-3-7-16/h1,4-5,8-12,16H,2-3,6-7,13H2,(H,26,28,30)/b17-11+. The number of rotatable bonds is 5. The number of imide groups is 2. The lowest BCUT2D eigenvalue weighted by molar-refractivity contribution is -0.131. The fourth-order valence-electron chi connectivity index (χ4n) is 3.83. The molecule has 1 saturated carbocycles. The van der Waals surface area contributed by atoms with Crippen molar-refractivity contribution in [3.8, 4) is 5.75 Å². The molecule has 1 N–H and O–H groups in total. The normalized spacial score (nSPS) is 18.6. The highest BCUT2D eigenvalue weighted by molar-refractivity contribution is 9.10. The van der Waals surface area contributed by atoms with Gasteiger partial charge in [0.2, 0.25) is 0 Å². The van der Waals surface area contributed by atoms with E-state index in [4.69, 9.17) is 4.74 Å². The van der Waals surface area contributed by atoms with E-state index in [0.717, 1.165) is 25.7 Å². The van der Waals surface area contributed by atoms with E-state index in [-0.39, 0.29) is 24.0 Å². The van der Waals surface area contributed by atoms with E-state index >= 15 is 0 Å². The minimum Gasteiger partial charge on any atom is -0.488 e. The van der Waals surface area contributed by atoms with Crippen molar-refractivity contribution in [3.63, 3.8) is 0 Å². The van der Waals surface area contributed by atoms with Crippen LogP contribution in [-0.4, -0.2) is 28.8 Å². The zero-order chi connectivity index (χ0) is 22.0. The smallest absolute Gasteiger partial charge is 0.331 e. The minimum absolute atomic E-state index is 0.0606. The van der Waals surface area contributed by atoms with Crippen LogP contribution in [0.4, 0.5) is 9.18 Å². The first-order chi connectivity index (χ1) is 14.9. The number of hydrogen-bond acceptors (Lipinski definition) is 4. The van der Waals surface area contributed by atoms with E-state index in [0.29, 0.717) is 21.3 Å². The fourth-order valence-corrected chi connectivity index (χ4v) is 4.34. The molecule has 160 valence electrons. The molecule has 4 rings (SSSR count). The lowest BCUT2D eigenvalue weighted by Crippen LogP contribution is -2.57. The summed E-state index contributed by atoms with van der Waals surface area (Å²) in [5.41, 5.74) is 0.935. The van der Waals surface area contributed by atoms with Gasteiger partial charge in [-0.3, -0.25) is 19.8 Å². The molecule has 0 atom stereocenters. The molecular weight excluding hydrogens is 467 g/mol. The molecule has 0 radical (unpaired) electrons. The highest BCUT2D eigenvalue weighted by atomic mass is 79.9. The molecule has 1 aliphatic heterocycles. The Morgan fingerprint density at radius 2 is 1.87 bits per heavy atom. The number of carbonyl (C=O) groups excluding carboxylic acids is 3. The van der Waals surface area contributed by atoms with Crippen molar-refractivity contribution >= 4 is 39.9 Å². The van der Waals surface area contributed by atoms with Crippen molar-refractivity contribution in [2.45, 2.75) is 38.3 Å². The summed E-state index contributed by atoms with van der Waals surface area (Å²) >= 11 is 3.41. The average Bonchev–Trinajstić information content (AvgIpc) is 3.26. The van der Waals surface area contributed by atoms with Gasteiger partial charge in [0.15, 0.2) is 0 Å². The van der Waals surface area contributed by atoms with Gasteiger partial charge >= 0.3 is 6.03 Å². The molecule has 4 amide bonds. The molecule has 31 heavy (non-hydrogen) atoms. The van der Waals surface area contributed by atoms with Crippen LogP contribution in [0.1, 0.15) is 36.8 Å². The molecule has 0 unspecified atom stereocenters. The molecule has 0 bridgehead atoms. The molecule has 1 heterocycles. The number of amides is 4. The van der Waals surface area contributed by atoms with Crippen molar-refractivity contribution in [2.24, 2.45) is 0 Å². The van der Waals surface area contributed by atoms with Crippen LogP contribution in [0.5, 0.6) is 5.75 Å². The van der Waals surface area contributed by atoms with Crippen LogP contribution in [0.15, 0.2) is 52.5 Å². The Balaban J connectivity index is 1.53. The molecule has 2 aromatic rings. The second-order valence-electron chi connectivity index (χ2n) is 7.50. The Morgan fingerprint density at radius 3 is 2.58 bits per heavy atom. The fraction of sp³-hybridized carbons (Fsp3) is 0.261. The summed E-state index contributed by atoms with van der Waals surface area (Å²) < 4.78 is 20.0. The van der Waals surface area contributed by atoms with E-state index in [1.54, 1.807) is 36.4 Å². The van der Waals surface area contributed by atoms with E-state index < -0.39 is 17.8 Å². The summed E-state index contributed by atoms with van der Waals surface area (Å²) in [6.45, 7) is 0.0606. The number of hydrogen-bond donors (Lipinski definition) is 1. The predicted octanol–water partition coefficient (Wildman–Crippen LogP) is 4.57. The molecule has 2 aromatic carbocycles. The maximum atomic E-state index is 13.8. The lowest BCUT2D eigenvalue weighted by atomic mass is 10.1. The van der Waals surface area contributed by atoms with Gasteiger partial charge in [-0.05, 0) is 58.6 Å². The molecule has 1 saturated heterocycles. The zero-order valence-electron chi connectivity index (χ0n) is 16.6. The number of urea groups is 1. The number of nitrogens with zero attached hydrogens (tertiary/aromatic N) is 1. The van der Waals surface area contributed by atoms with Gasteiger partial charge in [-0.15, -0.1) is 0 Å². The first-order valence-electron chi connectivity index (χ1n) is 10.0. The molecule has 8 heteroatoms. The lowest BCUT2D eigenvalue weighted by Gasteiger charge is -2.31. The third-order valence-corrected chi connectivity index (χ3v) is 6.05. The maximum absolute atomic E-state index is 13.8. The number of barbiturate groups is 1. The molecule has 6 nitrogen and oxygen atoms in total. The van der Waals surface area contributed by atoms with Crippen LogP contribution < -0.4 is 10.1 Å². The summed E-state index contributed by atoms with van der Waals surface area (Å²) in [6.07, 6.45) is 4.87. The Bertz CT molecular complexity index is 1080. The Kier molecular flexibility index (Phi) is 6.18. The van der Waals surface area contributed by atoms with Crippen molar-refractivity contribution in [1.82, 2.24) is 10.2 Å². The number of carbonyl (C=O) groups is 3. The van der Waals surface area contributed by atoms with Gasteiger partial charge in [0.25, 0.3) is 11.8 Å². The largest absolute Gasteiger partial charge is 0.488 e. The predicted molar refractivity (Wildman–Crippen MR) is 115 cm³/mol. The maximum Gasteiger partial charge on any atom is 0.331 e. The highest BCUT2D eigenvalue weighted by Crippen LogP contribution is 2.30. The zero-order valence-corrected chi connectivity index (χ0v) is 18.2. The SMILES string of the molecule is O=C1NC(=O)N(C2CCCC2)C(=O)/C1=C/c1ccc(OCc2ccccc2F)c(Br)c1. The molecule has 2 fully saturated rings. The number of nitrogens with one attached hydrogen (secondary N) is 1. The number of halogens is 2. The van der Waals surface area contributed by atoms with Gasteiger partial charge in [0.1, 0.15) is 23.7 Å². The first kappa shape index (κ1) is 21.2. The second-order valence-corrected chi connectivity index (χ2v) is 8.36. The van der Waals surface area contributed by atoms with E-state index in [1.807, 2.05) is 0 Å². The van der Waals surface area contributed by atoms with E-state index in [2.05, 4.69) is 21.2 Å². The Hall–Kier alpha value is -3.00. The minimum atomic E-state index is -0.708. The van der Waals surface area contributed by atoms with Crippen LogP contribution in [0.25, 0.3) is 6.08 Å². The topological polar surface area (TPSA) is 75.7 Å². The Labute approximate surface area is 187 Å².